The largest absolute Gasteiger partial charge is 0.387 e. The molecule has 1 unspecified atom stereocenters. The number of aliphatic hydroxyl groups excluding tert-OH is 1. The maximum Gasteiger partial charge on any atom is 0.0978 e. The van der Waals surface area contributed by atoms with Gasteiger partial charge in [0.1, 0.15) is 0 Å². The number of benzene rings is 2. The van der Waals surface area contributed by atoms with Crippen LogP contribution in [0.5, 0.6) is 0 Å². The van der Waals surface area contributed by atoms with Crippen molar-refractivity contribution in [2.75, 3.05) is 0 Å². The zero-order valence-electron chi connectivity index (χ0n) is 10.0. The van der Waals surface area contributed by atoms with Gasteiger partial charge in [0, 0.05) is 17.6 Å². The number of aromatic amines is 1. The molecule has 2 aromatic carbocycles. The van der Waals surface area contributed by atoms with Crippen molar-refractivity contribution < 1.29 is 5.11 Å². The molecule has 0 saturated heterocycles. The van der Waals surface area contributed by atoms with Gasteiger partial charge in [-0.15, -0.1) is 0 Å². The van der Waals surface area contributed by atoms with Crippen molar-refractivity contribution >= 4 is 10.9 Å². The first-order chi connectivity index (χ1) is 8.83. The summed E-state index contributed by atoms with van der Waals surface area (Å²) in [5.74, 6) is 0. The zero-order chi connectivity index (χ0) is 12.4. The molecule has 1 heterocycles. The minimum Gasteiger partial charge on any atom is -0.387 e. The van der Waals surface area contributed by atoms with Crippen molar-refractivity contribution in [2.24, 2.45) is 0 Å². The Morgan fingerprint density at radius 1 is 0.944 bits per heavy atom. The van der Waals surface area contributed by atoms with E-state index in [-0.39, 0.29) is 0 Å². The van der Waals surface area contributed by atoms with Gasteiger partial charge in [0.05, 0.1) is 6.10 Å². The summed E-state index contributed by atoms with van der Waals surface area (Å²) in [5, 5.41) is 11.4. The first kappa shape index (κ1) is 11.1. The Labute approximate surface area is 106 Å². The van der Waals surface area contributed by atoms with E-state index in [1.807, 2.05) is 60.7 Å². The molecule has 2 N–H and O–H groups in total. The summed E-state index contributed by atoms with van der Waals surface area (Å²) in [6.07, 6.45) is 0.146. The van der Waals surface area contributed by atoms with E-state index in [9.17, 15) is 5.11 Å². The summed E-state index contributed by atoms with van der Waals surface area (Å²) in [4.78, 5) is 3.27. The molecule has 0 aliphatic rings. The minimum atomic E-state index is -0.486. The van der Waals surface area contributed by atoms with E-state index in [4.69, 9.17) is 0 Å². The Kier molecular flexibility index (Phi) is 2.87. The highest BCUT2D eigenvalue weighted by molar-refractivity contribution is 5.80. The Morgan fingerprint density at radius 2 is 1.67 bits per heavy atom. The molecule has 3 rings (SSSR count). The second-order valence-corrected chi connectivity index (χ2v) is 4.52. The predicted molar refractivity (Wildman–Crippen MR) is 73.4 cm³/mol. The highest BCUT2D eigenvalue weighted by Gasteiger charge is 2.11. The molecule has 0 bridgehead atoms. The molecule has 1 atom stereocenters. The number of rotatable bonds is 3. The topological polar surface area (TPSA) is 36.0 Å². The van der Waals surface area contributed by atoms with Gasteiger partial charge in [0.25, 0.3) is 0 Å². The number of para-hydroxylation sites is 1. The van der Waals surface area contributed by atoms with Crippen molar-refractivity contribution in [1.82, 2.24) is 4.98 Å². The van der Waals surface area contributed by atoms with E-state index >= 15 is 0 Å². The molecule has 2 heteroatoms. The Hall–Kier alpha value is -2.06. The van der Waals surface area contributed by atoms with Crippen LogP contribution in [-0.4, -0.2) is 10.1 Å². The first-order valence-corrected chi connectivity index (χ1v) is 6.12. The Bertz CT molecular complexity index is 609. The molecule has 0 aliphatic heterocycles. The van der Waals surface area contributed by atoms with E-state index < -0.39 is 6.10 Å². The SMILES string of the molecule is OC(Cc1ccccc1)c1cc2ccccc2[nH]1. The van der Waals surface area contributed by atoms with Crippen LogP contribution in [0, 0.1) is 0 Å². The summed E-state index contributed by atoms with van der Waals surface area (Å²) in [7, 11) is 0. The van der Waals surface area contributed by atoms with E-state index in [0.717, 1.165) is 22.2 Å². The van der Waals surface area contributed by atoms with Crippen LogP contribution < -0.4 is 0 Å². The van der Waals surface area contributed by atoms with E-state index in [0.29, 0.717) is 6.42 Å². The van der Waals surface area contributed by atoms with Crippen molar-refractivity contribution in [3.05, 3.63) is 71.9 Å². The number of aromatic nitrogens is 1. The van der Waals surface area contributed by atoms with Crippen molar-refractivity contribution in [2.45, 2.75) is 12.5 Å². The summed E-state index contributed by atoms with van der Waals surface area (Å²) in [5.41, 5.74) is 3.09. The molecule has 0 radical (unpaired) electrons. The highest BCUT2D eigenvalue weighted by Crippen LogP contribution is 2.22. The van der Waals surface area contributed by atoms with E-state index in [1.54, 1.807) is 0 Å². The fourth-order valence-electron chi connectivity index (χ4n) is 2.22. The normalized spacial score (nSPS) is 12.7. The van der Waals surface area contributed by atoms with Gasteiger partial charge >= 0.3 is 0 Å². The lowest BCUT2D eigenvalue weighted by atomic mass is 10.1. The van der Waals surface area contributed by atoms with Crippen LogP contribution >= 0.6 is 0 Å². The van der Waals surface area contributed by atoms with Crippen LogP contribution in [0.3, 0.4) is 0 Å². The van der Waals surface area contributed by atoms with Gasteiger partial charge in [-0.2, -0.15) is 0 Å². The monoisotopic (exact) mass is 237 g/mol. The van der Waals surface area contributed by atoms with Crippen LogP contribution in [0.2, 0.25) is 0 Å². The number of nitrogens with one attached hydrogen (secondary N) is 1. The molecular formula is C16H15NO. The van der Waals surface area contributed by atoms with Crippen molar-refractivity contribution in [1.29, 1.82) is 0 Å². The standard InChI is InChI=1S/C16H15NO/c18-16(10-12-6-2-1-3-7-12)15-11-13-8-4-5-9-14(13)17-15/h1-9,11,16-18H,10H2. The number of hydrogen-bond donors (Lipinski definition) is 2. The molecule has 0 spiro atoms. The first-order valence-electron chi connectivity index (χ1n) is 6.12. The quantitative estimate of drug-likeness (QED) is 0.719. The van der Waals surface area contributed by atoms with Gasteiger partial charge in [-0.3, -0.25) is 0 Å². The summed E-state index contributed by atoms with van der Waals surface area (Å²) >= 11 is 0. The second-order valence-electron chi connectivity index (χ2n) is 4.52. The molecule has 18 heavy (non-hydrogen) atoms. The molecule has 2 nitrogen and oxygen atoms in total. The minimum absolute atomic E-state index is 0.486. The summed E-state index contributed by atoms with van der Waals surface area (Å²) in [6.45, 7) is 0. The van der Waals surface area contributed by atoms with Gasteiger partial charge in [-0.25, -0.2) is 0 Å². The van der Waals surface area contributed by atoms with Crippen molar-refractivity contribution in [3.8, 4) is 0 Å². The third-order valence-electron chi connectivity index (χ3n) is 3.18. The van der Waals surface area contributed by atoms with E-state index in [1.165, 1.54) is 0 Å². The number of aliphatic hydroxyl groups is 1. The highest BCUT2D eigenvalue weighted by atomic mass is 16.3. The Balaban J connectivity index is 1.86. The summed E-state index contributed by atoms with van der Waals surface area (Å²) in [6, 6.07) is 20.1. The second kappa shape index (κ2) is 4.67. The van der Waals surface area contributed by atoms with Crippen LogP contribution in [0.15, 0.2) is 60.7 Å². The lowest BCUT2D eigenvalue weighted by Crippen LogP contribution is -2.01. The maximum atomic E-state index is 10.2. The smallest absolute Gasteiger partial charge is 0.0978 e. The average molecular weight is 237 g/mol. The van der Waals surface area contributed by atoms with Crippen LogP contribution in [0.25, 0.3) is 10.9 Å². The number of hydrogen-bond acceptors (Lipinski definition) is 1. The fraction of sp³-hybridized carbons (Fsp3) is 0.125. The summed E-state index contributed by atoms with van der Waals surface area (Å²) < 4.78 is 0. The number of H-pyrrole nitrogens is 1. The Morgan fingerprint density at radius 3 is 2.44 bits per heavy atom. The molecule has 0 amide bonds. The van der Waals surface area contributed by atoms with Gasteiger partial charge in [0.15, 0.2) is 0 Å². The molecule has 0 aliphatic carbocycles. The lowest BCUT2D eigenvalue weighted by molar-refractivity contribution is 0.174. The molecule has 0 fully saturated rings. The zero-order valence-corrected chi connectivity index (χ0v) is 10.0. The number of fused-ring (bicyclic) bond motifs is 1. The molecule has 90 valence electrons. The third kappa shape index (κ3) is 2.15. The van der Waals surface area contributed by atoms with Gasteiger partial charge in [-0.1, -0.05) is 48.5 Å². The van der Waals surface area contributed by atoms with Gasteiger partial charge in [-0.05, 0) is 23.1 Å². The lowest BCUT2D eigenvalue weighted by Gasteiger charge is -2.08. The molecule has 0 saturated carbocycles. The molecular weight excluding hydrogens is 222 g/mol. The predicted octanol–water partition coefficient (Wildman–Crippen LogP) is 3.44. The molecule has 1 aromatic heterocycles. The molecule has 3 aromatic rings. The maximum absolute atomic E-state index is 10.2. The average Bonchev–Trinajstić information content (AvgIpc) is 2.84. The van der Waals surface area contributed by atoms with Gasteiger partial charge < -0.3 is 10.1 Å². The van der Waals surface area contributed by atoms with Crippen LogP contribution in [0.1, 0.15) is 17.4 Å². The van der Waals surface area contributed by atoms with Gasteiger partial charge in [0.2, 0.25) is 0 Å². The fourth-order valence-corrected chi connectivity index (χ4v) is 2.22. The van der Waals surface area contributed by atoms with Crippen LogP contribution in [0.4, 0.5) is 0 Å². The third-order valence-corrected chi connectivity index (χ3v) is 3.18. The van der Waals surface area contributed by atoms with Crippen LogP contribution in [-0.2, 0) is 6.42 Å². The van der Waals surface area contributed by atoms with E-state index in [2.05, 4.69) is 4.98 Å². The van der Waals surface area contributed by atoms with Crippen molar-refractivity contribution in [3.63, 3.8) is 0 Å².